The molecule has 0 saturated carbocycles. The summed E-state index contributed by atoms with van der Waals surface area (Å²) in [6.45, 7) is 5.49. The zero-order chi connectivity index (χ0) is 33.1. The Labute approximate surface area is 258 Å². The molecule has 0 aromatic heterocycles. The maximum absolute atomic E-state index is 12.9. The molecule has 0 spiro atoms. The highest BCUT2D eigenvalue weighted by Gasteiger charge is 2.24. The van der Waals surface area contributed by atoms with Crippen LogP contribution in [0, 0.1) is 5.92 Å². The van der Waals surface area contributed by atoms with Gasteiger partial charge in [-0.1, -0.05) is 26.7 Å². The van der Waals surface area contributed by atoms with E-state index >= 15 is 0 Å². The largest absolute Gasteiger partial charge is 0.480 e. The zero-order valence-electron chi connectivity index (χ0n) is 25.9. The van der Waals surface area contributed by atoms with Gasteiger partial charge in [0.25, 0.3) is 0 Å². The van der Waals surface area contributed by atoms with Crippen LogP contribution in [0.4, 0.5) is 0 Å². The molecule has 1 heterocycles. The van der Waals surface area contributed by atoms with E-state index in [1.807, 2.05) is 0 Å². The number of carboxylic acids is 4. The fourth-order valence-corrected chi connectivity index (χ4v) is 4.75. The maximum atomic E-state index is 12.9. The van der Waals surface area contributed by atoms with E-state index in [2.05, 4.69) is 24.5 Å². The minimum Gasteiger partial charge on any atom is -0.480 e. The second-order valence-electron chi connectivity index (χ2n) is 11.5. The van der Waals surface area contributed by atoms with Gasteiger partial charge in [-0.2, -0.15) is 0 Å². The first kappa shape index (κ1) is 38.7. The molecule has 1 aliphatic heterocycles. The Kier molecular flexibility index (Phi) is 18.8. The Bertz CT molecular complexity index is 918. The van der Waals surface area contributed by atoms with Crippen LogP contribution < -0.4 is 10.6 Å². The standard InChI is InChI=1S/C28H50N6O10/c1-21(2)5-3-4-8-29-23(35)7-6-22(28(43)44)30-24(36)17-31-9-11-32(18-25(37)38)13-15-34(20-27(41)42)16-14-33(12-10-31)19-26(39)40/h21-22H,3-20H2,1-2H3,(H,29,35)(H,30,36)(H,37,38)(H,39,40)(H,41,42)(H,43,44)/t22-/m1/s1. The maximum Gasteiger partial charge on any atom is 0.326 e. The Balaban J connectivity index is 2.83. The molecule has 0 radical (unpaired) electrons. The highest BCUT2D eigenvalue weighted by atomic mass is 16.4. The van der Waals surface area contributed by atoms with E-state index in [9.17, 15) is 49.2 Å². The van der Waals surface area contributed by atoms with Crippen LogP contribution in [0.1, 0.15) is 46.0 Å². The minimum absolute atomic E-state index is 0.0711. The highest BCUT2D eigenvalue weighted by Crippen LogP contribution is 2.06. The van der Waals surface area contributed by atoms with Crippen molar-refractivity contribution in [2.24, 2.45) is 5.92 Å². The monoisotopic (exact) mass is 630 g/mol. The van der Waals surface area contributed by atoms with Gasteiger partial charge in [0.2, 0.25) is 11.8 Å². The molecule has 1 saturated heterocycles. The molecule has 1 fully saturated rings. The Morgan fingerprint density at radius 3 is 1.36 bits per heavy atom. The van der Waals surface area contributed by atoms with E-state index in [-0.39, 0.29) is 97.3 Å². The number of amides is 2. The molecule has 0 unspecified atom stereocenters. The lowest BCUT2D eigenvalue weighted by molar-refractivity contribution is -0.142. The highest BCUT2D eigenvalue weighted by molar-refractivity contribution is 5.85. The van der Waals surface area contributed by atoms with Gasteiger partial charge in [0.15, 0.2) is 0 Å². The van der Waals surface area contributed by atoms with E-state index in [1.54, 1.807) is 19.6 Å². The Morgan fingerprint density at radius 1 is 0.591 bits per heavy atom. The lowest BCUT2D eigenvalue weighted by atomic mass is 10.1. The summed E-state index contributed by atoms with van der Waals surface area (Å²) in [4.78, 5) is 77.7. The second kappa shape index (κ2) is 21.4. The molecule has 44 heavy (non-hydrogen) atoms. The van der Waals surface area contributed by atoms with Crippen molar-refractivity contribution in [1.82, 2.24) is 30.2 Å². The van der Waals surface area contributed by atoms with Crippen LogP contribution in [0.2, 0.25) is 0 Å². The SMILES string of the molecule is CC(C)CCCCNC(=O)CC[C@@H](NC(=O)CN1CCN(CC(=O)O)CCN(CC(=O)O)CCN(CC(=O)O)CC1)C(=O)O. The first-order valence-electron chi connectivity index (χ1n) is 15.1. The third kappa shape index (κ3) is 19.0. The van der Waals surface area contributed by atoms with Crippen molar-refractivity contribution >= 4 is 35.7 Å². The predicted octanol–water partition coefficient (Wildman–Crippen LogP) is -1.25. The van der Waals surface area contributed by atoms with Crippen molar-refractivity contribution in [3.8, 4) is 0 Å². The normalized spacial score (nSPS) is 17.2. The van der Waals surface area contributed by atoms with Crippen LogP contribution in [0.15, 0.2) is 0 Å². The van der Waals surface area contributed by atoms with Gasteiger partial charge in [0.1, 0.15) is 6.04 Å². The van der Waals surface area contributed by atoms with Crippen molar-refractivity contribution in [3.63, 3.8) is 0 Å². The number of rotatable bonds is 18. The van der Waals surface area contributed by atoms with E-state index in [1.165, 1.54) is 0 Å². The van der Waals surface area contributed by atoms with Crippen molar-refractivity contribution in [2.75, 3.05) is 85.1 Å². The molecular formula is C28H50N6O10. The summed E-state index contributed by atoms with van der Waals surface area (Å²) >= 11 is 0. The Morgan fingerprint density at radius 2 is 1.00 bits per heavy atom. The summed E-state index contributed by atoms with van der Waals surface area (Å²) < 4.78 is 0. The van der Waals surface area contributed by atoms with Gasteiger partial charge in [0, 0.05) is 65.3 Å². The fraction of sp³-hybridized carbons (Fsp3) is 0.786. The number of nitrogens with one attached hydrogen (secondary N) is 2. The van der Waals surface area contributed by atoms with E-state index < -0.39 is 35.8 Å². The summed E-state index contributed by atoms with van der Waals surface area (Å²) in [6.07, 6.45) is 2.70. The van der Waals surface area contributed by atoms with Gasteiger partial charge in [-0.3, -0.25) is 43.6 Å². The molecule has 0 aliphatic carbocycles. The van der Waals surface area contributed by atoms with Crippen LogP contribution in [0.5, 0.6) is 0 Å². The third-order valence-electron chi connectivity index (χ3n) is 7.20. The zero-order valence-corrected chi connectivity index (χ0v) is 25.9. The number of aliphatic carboxylic acids is 4. The lowest BCUT2D eigenvalue weighted by Gasteiger charge is -2.33. The smallest absolute Gasteiger partial charge is 0.326 e. The summed E-state index contributed by atoms with van der Waals surface area (Å²) in [7, 11) is 0. The average molecular weight is 631 g/mol. The van der Waals surface area contributed by atoms with Gasteiger partial charge in [-0.15, -0.1) is 0 Å². The summed E-state index contributed by atoms with van der Waals surface area (Å²) in [6, 6.07) is -1.28. The summed E-state index contributed by atoms with van der Waals surface area (Å²) in [5.41, 5.74) is 0. The van der Waals surface area contributed by atoms with Crippen LogP contribution in [0.25, 0.3) is 0 Å². The second-order valence-corrected chi connectivity index (χ2v) is 11.5. The molecule has 1 aliphatic rings. The lowest BCUT2D eigenvalue weighted by Crippen LogP contribution is -2.51. The molecule has 0 aromatic rings. The molecule has 2 amide bonds. The fourth-order valence-electron chi connectivity index (χ4n) is 4.75. The molecule has 16 nitrogen and oxygen atoms in total. The summed E-state index contributed by atoms with van der Waals surface area (Å²) in [5.74, 6) is -4.77. The number of carbonyl (C=O) groups is 6. The van der Waals surface area contributed by atoms with Crippen molar-refractivity contribution in [1.29, 1.82) is 0 Å². The number of hydrogen-bond donors (Lipinski definition) is 6. The Hall–Kier alpha value is -3.34. The van der Waals surface area contributed by atoms with Crippen LogP contribution in [0.3, 0.4) is 0 Å². The van der Waals surface area contributed by atoms with Gasteiger partial charge in [0.05, 0.1) is 26.2 Å². The first-order valence-corrected chi connectivity index (χ1v) is 15.1. The van der Waals surface area contributed by atoms with Gasteiger partial charge in [-0.25, -0.2) is 4.79 Å². The summed E-state index contributed by atoms with van der Waals surface area (Å²) in [5, 5.41) is 42.8. The number of nitrogens with zero attached hydrogens (tertiary/aromatic N) is 4. The third-order valence-corrected chi connectivity index (χ3v) is 7.20. The van der Waals surface area contributed by atoms with Gasteiger partial charge < -0.3 is 31.1 Å². The van der Waals surface area contributed by atoms with E-state index in [4.69, 9.17) is 0 Å². The average Bonchev–Trinajstić information content (AvgIpc) is 2.91. The van der Waals surface area contributed by atoms with Crippen LogP contribution in [-0.4, -0.2) is 167 Å². The van der Waals surface area contributed by atoms with Crippen molar-refractivity contribution < 1.29 is 49.2 Å². The number of unbranched alkanes of at least 4 members (excludes halogenated alkanes) is 1. The molecule has 0 aromatic carbocycles. The van der Waals surface area contributed by atoms with Crippen LogP contribution in [-0.2, 0) is 28.8 Å². The quantitative estimate of drug-likeness (QED) is 0.0976. The molecular weight excluding hydrogens is 580 g/mol. The topological polar surface area (TPSA) is 220 Å². The molecule has 0 bridgehead atoms. The molecule has 1 atom stereocenters. The van der Waals surface area contributed by atoms with Crippen molar-refractivity contribution in [2.45, 2.75) is 52.0 Å². The van der Waals surface area contributed by atoms with E-state index in [0.717, 1.165) is 19.3 Å². The predicted molar refractivity (Wildman–Crippen MR) is 159 cm³/mol. The minimum atomic E-state index is -1.28. The molecule has 252 valence electrons. The van der Waals surface area contributed by atoms with Crippen LogP contribution >= 0.6 is 0 Å². The van der Waals surface area contributed by atoms with Gasteiger partial charge in [-0.05, 0) is 18.8 Å². The number of carboxylic acid groups (broad SMARTS) is 4. The molecule has 6 N–H and O–H groups in total. The van der Waals surface area contributed by atoms with E-state index in [0.29, 0.717) is 12.5 Å². The molecule has 16 heteroatoms. The molecule has 1 rings (SSSR count). The number of carbonyl (C=O) groups excluding carboxylic acids is 2. The first-order chi connectivity index (χ1) is 20.7. The van der Waals surface area contributed by atoms with Gasteiger partial charge >= 0.3 is 23.9 Å². The number of hydrogen-bond acceptors (Lipinski definition) is 10. The van der Waals surface area contributed by atoms with Crippen molar-refractivity contribution in [3.05, 3.63) is 0 Å².